The Bertz CT molecular complexity index is 579. The average Bonchev–Trinajstić information content (AvgIpc) is 2.81. The molecular formula is C13H19N3O2S2. The van der Waals surface area contributed by atoms with Crippen LogP contribution >= 0.6 is 23.1 Å². The number of nitrogens with zero attached hydrogens (tertiary/aromatic N) is 3. The molecule has 0 unspecified atom stereocenters. The maximum atomic E-state index is 11.5. The van der Waals surface area contributed by atoms with Gasteiger partial charge in [0.2, 0.25) is 4.96 Å². The van der Waals surface area contributed by atoms with Gasteiger partial charge in [-0.1, -0.05) is 43.9 Å². The molecule has 2 aromatic heterocycles. The highest BCUT2D eigenvalue weighted by Gasteiger charge is 2.19. The second kappa shape index (κ2) is 5.73. The predicted molar refractivity (Wildman–Crippen MR) is 81.5 cm³/mol. The number of thioether (sulfide) groups is 1. The number of esters is 1. The van der Waals surface area contributed by atoms with Gasteiger partial charge in [0.1, 0.15) is 0 Å². The quantitative estimate of drug-likeness (QED) is 0.641. The summed E-state index contributed by atoms with van der Waals surface area (Å²) < 4.78 is 7.69. The molecule has 0 atom stereocenters. The fourth-order valence-electron chi connectivity index (χ4n) is 1.52. The molecular weight excluding hydrogens is 294 g/mol. The van der Waals surface area contributed by atoms with E-state index in [9.17, 15) is 4.79 Å². The number of carbonyl (C=O) groups is 1. The van der Waals surface area contributed by atoms with Crippen molar-refractivity contribution in [3.05, 3.63) is 11.9 Å². The van der Waals surface area contributed by atoms with Gasteiger partial charge in [0.25, 0.3) is 0 Å². The summed E-state index contributed by atoms with van der Waals surface area (Å²) in [6.45, 7) is 10.0. The van der Waals surface area contributed by atoms with Gasteiger partial charge in [0.05, 0.1) is 23.7 Å². The predicted octanol–water partition coefficient (Wildman–Crippen LogP) is 3.13. The minimum absolute atomic E-state index is 0.0157. The number of fused-ring (bicyclic) bond motifs is 1. The molecule has 2 rings (SSSR count). The van der Waals surface area contributed by atoms with Gasteiger partial charge in [0, 0.05) is 5.41 Å². The van der Waals surface area contributed by atoms with Crippen molar-refractivity contribution in [1.29, 1.82) is 0 Å². The van der Waals surface area contributed by atoms with Crippen LogP contribution in [0.5, 0.6) is 0 Å². The molecule has 2 heterocycles. The van der Waals surface area contributed by atoms with Crippen LogP contribution in [0.15, 0.2) is 10.5 Å². The van der Waals surface area contributed by atoms with E-state index in [-0.39, 0.29) is 23.2 Å². The maximum absolute atomic E-state index is 11.5. The van der Waals surface area contributed by atoms with E-state index >= 15 is 0 Å². The highest BCUT2D eigenvalue weighted by Crippen LogP contribution is 2.28. The van der Waals surface area contributed by atoms with Crippen molar-refractivity contribution in [3.63, 3.8) is 0 Å². The smallest absolute Gasteiger partial charge is 0.316 e. The molecule has 2 aromatic rings. The van der Waals surface area contributed by atoms with Crippen LogP contribution in [0, 0.1) is 0 Å². The molecule has 0 fully saturated rings. The number of hydrogen-bond acceptors (Lipinski definition) is 6. The number of ether oxygens (including phenoxy) is 1. The van der Waals surface area contributed by atoms with Gasteiger partial charge in [0.15, 0.2) is 4.34 Å². The van der Waals surface area contributed by atoms with Gasteiger partial charge in [-0.05, 0) is 13.8 Å². The lowest BCUT2D eigenvalue weighted by atomic mass is 9.93. The molecule has 0 radical (unpaired) electrons. The van der Waals surface area contributed by atoms with E-state index in [1.807, 2.05) is 20.0 Å². The second-order valence-electron chi connectivity index (χ2n) is 5.80. The summed E-state index contributed by atoms with van der Waals surface area (Å²) >= 11 is 2.88. The summed E-state index contributed by atoms with van der Waals surface area (Å²) in [4.78, 5) is 16.9. The minimum Gasteiger partial charge on any atom is -0.462 e. The molecule has 0 aromatic carbocycles. The first kappa shape index (κ1) is 15.3. The van der Waals surface area contributed by atoms with Crippen molar-refractivity contribution in [2.75, 3.05) is 5.75 Å². The Morgan fingerprint density at radius 1 is 1.50 bits per heavy atom. The molecule has 20 heavy (non-hydrogen) atoms. The Morgan fingerprint density at radius 2 is 2.20 bits per heavy atom. The van der Waals surface area contributed by atoms with E-state index < -0.39 is 0 Å². The molecule has 0 saturated heterocycles. The zero-order chi connectivity index (χ0) is 14.9. The molecule has 0 aliphatic rings. The van der Waals surface area contributed by atoms with E-state index in [1.165, 1.54) is 23.1 Å². The van der Waals surface area contributed by atoms with E-state index in [1.54, 1.807) is 4.52 Å². The summed E-state index contributed by atoms with van der Waals surface area (Å²) in [5.41, 5.74) is 1.04. The lowest BCUT2D eigenvalue weighted by Crippen LogP contribution is -2.13. The number of hydrogen-bond donors (Lipinski definition) is 0. The second-order valence-corrected chi connectivity index (χ2v) is 7.98. The van der Waals surface area contributed by atoms with Gasteiger partial charge in [-0.2, -0.15) is 0 Å². The van der Waals surface area contributed by atoms with Crippen molar-refractivity contribution in [1.82, 2.24) is 14.6 Å². The third kappa shape index (κ3) is 3.73. The van der Waals surface area contributed by atoms with Gasteiger partial charge in [-0.25, -0.2) is 9.50 Å². The van der Waals surface area contributed by atoms with Crippen LogP contribution in [0.4, 0.5) is 0 Å². The van der Waals surface area contributed by atoms with Crippen molar-refractivity contribution in [3.8, 4) is 0 Å². The molecule has 0 amide bonds. The molecule has 0 spiro atoms. The van der Waals surface area contributed by atoms with Gasteiger partial charge < -0.3 is 4.74 Å². The van der Waals surface area contributed by atoms with Crippen LogP contribution in [0.25, 0.3) is 4.96 Å². The van der Waals surface area contributed by atoms with Gasteiger partial charge >= 0.3 is 5.97 Å². The topological polar surface area (TPSA) is 56.5 Å². The van der Waals surface area contributed by atoms with Crippen LogP contribution in [0.3, 0.4) is 0 Å². The van der Waals surface area contributed by atoms with Crippen molar-refractivity contribution in [2.45, 2.75) is 50.5 Å². The third-order valence-electron chi connectivity index (χ3n) is 2.47. The normalized spacial score (nSPS) is 12.3. The van der Waals surface area contributed by atoms with Crippen molar-refractivity contribution in [2.24, 2.45) is 0 Å². The van der Waals surface area contributed by atoms with E-state index in [2.05, 4.69) is 30.9 Å². The van der Waals surface area contributed by atoms with Gasteiger partial charge in [-0.15, -0.1) is 5.10 Å². The maximum Gasteiger partial charge on any atom is 0.316 e. The first-order chi connectivity index (χ1) is 9.25. The van der Waals surface area contributed by atoms with Gasteiger partial charge in [-0.3, -0.25) is 4.79 Å². The zero-order valence-electron chi connectivity index (χ0n) is 12.3. The highest BCUT2D eigenvalue weighted by atomic mass is 32.2. The highest BCUT2D eigenvalue weighted by molar-refractivity contribution is 8.01. The van der Waals surface area contributed by atoms with Crippen LogP contribution in [0.1, 0.15) is 40.3 Å². The molecule has 7 heteroatoms. The number of imidazole rings is 1. The van der Waals surface area contributed by atoms with Crippen molar-refractivity contribution < 1.29 is 9.53 Å². The van der Waals surface area contributed by atoms with Crippen LogP contribution in [-0.4, -0.2) is 32.4 Å². The molecule has 5 nitrogen and oxygen atoms in total. The van der Waals surface area contributed by atoms with E-state index in [4.69, 9.17) is 4.74 Å². The summed E-state index contributed by atoms with van der Waals surface area (Å²) in [6, 6.07) is 0. The van der Waals surface area contributed by atoms with Crippen LogP contribution in [0.2, 0.25) is 0 Å². The fourth-order valence-corrected chi connectivity index (χ4v) is 3.23. The summed E-state index contributed by atoms with van der Waals surface area (Å²) in [7, 11) is 0. The largest absolute Gasteiger partial charge is 0.462 e. The molecule has 0 aliphatic heterocycles. The average molecular weight is 313 g/mol. The SMILES string of the molecule is CC(C)OC(=O)CSc1nn2cc(C(C)(C)C)nc2s1. The first-order valence-electron chi connectivity index (χ1n) is 6.44. The fraction of sp³-hybridized carbons (Fsp3) is 0.615. The Balaban J connectivity index is 2.02. The lowest BCUT2D eigenvalue weighted by molar-refractivity contribution is -0.144. The number of aromatic nitrogens is 3. The standard InChI is InChI=1S/C13H19N3O2S2/c1-8(2)18-10(17)7-19-12-15-16-6-9(13(3,4)5)14-11(16)20-12/h6,8H,7H2,1-5H3. The Morgan fingerprint density at radius 3 is 2.75 bits per heavy atom. The minimum atomic E-state index is -0.215. The lowest BCUT2D eigenvalue weighted by Gasteiger charge is -2.13. The summed E-state index contributed by atoms with van der Waals surface area (Å²) in [5.74, 6) is 0.0641. The van der Waals surface area contributed by atoms with Crippen LogP contribution in [-0.2, 0) is 14.9 Å². The molecule has 0 N–H and O–H groups in total. The molecule has 0 saturated carbocycles. The van der Waals surface area contributed by atoms with Crippen molar-refractivity contribution >= 4 is 34.0 Å². The molecule has 110 valence electrons. The third-order valence-corrected chi connectivity index (χ3v) is 4.50. The van der Waals surface area contributed by atoms with E-state index in [0.29, 0.717) is 0 Å². The molecule has 0 bridgehead atoms. The zero-order valence-corrected chi connectivity index (χ0v) is 14.0. The van der Waals surface area contributed by atoms with Crippen LogP contribution < -0.4 is 0 Å². The number of carbonyl (C=O) groups excluding carboxylic acids is 1. The Labute approximate surface area is 126 Å². The summed E-state index contributed by atoms with van der Waals surface area (Å²) in [6.07, 6.45) is 1.87. The monoisotopic (exact) mass is 313 g/mol. The Kier molecular flexibility index (Phi) is 4.39. The summed E-state index contributed by atoms with van der Waals surface area (Å²) in [5, 5.41) is 4.43. The Hall–Kier alpha value is -1.08. The number of rotatable bonds is 4. The first-order valence-corrected chi connectivity index (χ1v) is 8.25. The van der Waals surface area contributed by atoms with E-state index in [0.717, 1.165) is 15.0 Å². The molecule has 0 aliphatic carbocycles.